The van der Waals surface area contributed by atoms with Crippen molar-refractivity contribution in [1.82, 2.24) is 25.1 Å². The molecule has 0 saturated carbocycles. The highest BCUT2D eigenvalue weighted by Crippen LogP contribution is 1.96. The van der Waals surface area contributed by atoms with Crippen molar-refractivity contribution in [2.75, 3.05) is 20.6 Å². The molecule has 74 valence electrons. The third-order valence-electron chi connectivity index (χ3n) is 1.64. The molecule has 2 N–H and O–H groups in total. The molecular weight excluding hydrogens is 168 g/mol. The quantitative estimate of drug-likeness (QED) is 0.641. The molecule has 0 unspecified atom stereocenters. The molecule has 6 heteroatoms. The molecule has 0 bridgehead atoms. The molecule has 0 amide bonds. The molecular formula is C7H16N6. The van der Waals surface area contributed by atoms with Crippen LogP contribution in [0.1, 0.15) is 12.2 Å². The first-order valence-electron chi connectivity index (χ1n) is 4.34. The van der Waals surface area contributed by atoms with E-state index in [-0.39, 0.29) is 0 Å². The van der Waals surface area contributed by atoms with Gasteiger partial charge in [-0.05, 0) is 37.5 Å². The SMILES string of the molecule is CN(C)Cc1nnnn1CCCN. The molecule has 0 aliphatic rings. The van der Waals surface area contributed by atoms with Gasteiger partial charge in [0.25, 0.3) is 0 Å². The summed E-state index contributed by atoms with van der Waals surface area (Å²) in [7, 11) is 3.98. The average Bonchev–Trinajstić information content (AvgIpc) is 2.48. The maximum absolute atomic E-state index is 5.40. The van der Waals surface area contributed by atoms with Crippen molar-refractivity contribution < 1.29 is 0 Å². The minimum atomic E-state index is 0.668. The molecule has 0 radical (unpaired) electrons. The fourth-order valence-electron chi connectivity index (χ4n) is 1.03. The van der Waals surface area contributed by atoms with Crippen LogP contribution in [0.15, 0.2) is 0 Å². The Hall–Kier alpha value is -1.01. The van der Waals surface area contributed by atoms with Crippen LogP contribution in [-0.4, -0.2) is 45.7 Å². The van der Waals surface area contributed by atoms with E-state index in [0.717, 1.165) is 25.3 Å². The van der Waals surface area contributed by atoms with Crippen LogP contribution in [0.5, 0.6) is 0 Å². The van der Waals surface area contributed by atoms with Gasteiger partial charge in [0.2, 0.25) is 0 Å². The Morgan fingerprint density at radius 1 is 1.46 bits per heavy atom. The largest absolute Gasteiger partial charge is 0.330 e. The van der Waals surface area contributed by atoms with Crippen molar-refractivity contribution >= 4 is 0 Å². The number of hydrogen-bond acceptors (Lipinski definition) is 5. The molecule has 0 spiro atoms. The summed E-state index contributed by atoms with van der Waals surface area (Å²) in [6.45, 7) is 2.23. The number of nitrogens with zero attached hydrogens (tertiary/aromatic N) is 5. The minimum absolute atomic E-state index is 0.668. The fraction of sp³-hybridized carbons (Fsp3) is 0.857. The smallest absolute Gasteiger partial charge is 0.165 e. The highest BCUT2D eigenvalue weighted by Gasteiger charge is 2.05. The monoisotopic (exact) mass is 184 g/mol. The van der Waals surface area contributed by atoms with Crippen LogP contribution in [0.2, 0.25) is 0 Å². The topological polar surface area (TPSA) is 72.9 Å². The van der Waals surface area contributed by atoms with Crippen molar-refractivity contribution in [3.63, 3.8) is 0 Å². The van der Waals surface area contributed by atoms with Crippen molar-refractivity contribution in [3.05, 3.63) is 5.82 Å². The second-order valence-corrected chi connectivity index (χ2v) is 3.20. The van der Waals surface area contributed by atoms with Crippen LogP contribution in [0.25, 0.3) is 0 Å². The Labute approximate surface area is 77.7 Å². The molecule has 0 aliphatic carbocycles. The molecule has 0 atom stereocenters. The molecule has 1 aromatic heterocycles. The van der Waals surface area contributed by atoms with Gasteiger partial charge in [0.05, 0.1) is 6.54 Å². The molecule has 6 nitrogen and oxygen atoms in total. The first kappa shape index (κ1) is 10.1. The summed E-state index contributed by atoms with van der Waals surface area (Å²) >= 11 is 0. The lowest BCUT2D eigenvalue weighted by molar-refractivity contribution is 0.374. The van der Waals surface area contributed by atoms with E-state index in [2.05, 4.69) is 15.5 Å². The zero-order chi connectivity index (χ0) is 9.68. The summed E-state index contributed by atoms with van der Waals surface area (Å²) in [6, 6.07) is 0. The maximum Gasteiger partial charge on any atom is 0.165 e. The zero-order valence-corrected chi connectivity index (χ0v) is 8.14. The molecule has 0 aliphatic heterocycles. The van der Waals surface area contributed by atoms with Gasteiger partial charge in [-0.15, -0.1) is 5.10 Å². The Morgan fingerprint density at radius 2 is 2.23 bits per heavy atom. The lowest BCUT2D eigenvalue weighted by Gasteiger charge is -2.08. The number of tetrazole rings is 1. The Kier molecular flexibility index (Phi) is 3.78. The molecule has 13 heavy (non-hydrogen) atoms. The number of nitrogens with two attached hydrogens (primary N) is 1. The van der Waals surface area contributed by atoms with Crippen molar-refractivity contribution in [2.24, 2.45) is 5.73 Å². The van der Waals surface area contributed by atoms with Gasteiger partial charge in [-0.1, -0.05) is 0 Å². The summed E-state index contributed by atoms with van der Waals surface area (Å²) in [4.78, 5) is 2.03. The molecule has 0 saturated heterocycles. The van der Waals surface area contributed by atoms with Crippen LogP contribution in [0, 0.1) is 0 Å². The molecule has 1 aromatic rings. The number of aromatic nitrogens is 4. The summed E-state index contributed by atoms with van der Waals surface area (Å²) in [6.07, 6.45) is 0.908. The van der Waals surface area contributed by atoms with E-state index in [0.29, 0.717) is 6.54 Å². The van der Waals surface area contributed by atoms with E-state index >= 15 is 0 Å². The fourth-order valence-corrected chi connectivity index (χ4v) is 1.03. The standard InChI is InChI=1S/C7H16N6/c1-12(2)6-7-9-10-11-13(7)5-3-4-8/h3-6,8H2,1-2H3. The van der Waals surface area contributed by atoms with Gasteiger partial charge in [0.15, 0.2) is 5.82 Å². The van der Waals surface area contributed by atoms with E-state index in [1.807, 2.05) is 19.0 Å². The van der Waals surface area contributed by atoms with Gasteiger partial charge in [0.1, 0.15) is 0 Å². The molecule has 1 heterocycles. The van der Waals surface area contributed by atoms with E-state index in [1.165, 1.54) is 0 Å². The third-order valence-corrected chi connectivity index (χ3v) is 1.64. The van der Waals surface area contributed by atoms with Crippen LogP contribution >= 0.6 is 0 Å². The number of rotatable bonds is 5. The van der Waals surface area contributed by atoms with Crippen LogP contribution in [-0.2, 0) is 13.1 Å². The maximum atomic E-state index is 5.40. The Bertz CT molecular complexity index is 243. The van der Waals surface area contributed by atoms with Crippen LogP contribution in [0.3, 0.4) is 0 Å². The number of aryl methyl sites for hydroxylation is 1. The minimum Gasteiger partial charge on any atom is -0.330 e. The zero-order valence-electron chi connectivity index (χ0n) is 8.14. The number of hydrogen-bond donors (Lipinski definition) is 1. The van der Waals surface area contributed by atoms with Gasteiger partial charge in [-0.3, -0.25) is 0 Å². The van der Waals surface area contributed by atoms with E-state index in [4.69, 9.17) is 5.73 Å². The first-order valence-corrected chi connectivity index (χ1v) is 4.34. The van der Waals surface area contributed by atoms with Gasteiger partial charge < -0.3 is 10.6 Å². The molecule has 0 fully saturated rings. The Balaban J connectivity index is 2.55. The average molecular weight is 184 g/mol. The van der Waals surface area contributed by atoms with E-state index < -0.39 is 0 Å². The summed E-state index contributed by atoms with van der Waals surface area (Å²) < 4.78 is 1.80. The Morgan fingerprint density at radius 3 is 2.85 bits per heavy atom. The third kappa shape index (κ3) is 3.08. The highest BCUT2D eigenvalue weighted by atomic mass is 15.5. The second kappa shape index (κ2) is 4.88. The summed E-state index contributed by atoms with van der Waals surface area (Å²) in [5.74, 6) is 0.887. The first-order chi connectivity index (χ1) is 6.24. The van der Waals surface area contributed by atoms with E-state index in [9.17, 15) is 0 Å². The lowest BCUT2D eigenvalue weighted by Crippen LogP contribution is -2.17. The van der Waals surface area contributed by atoms with E-state index in [1.54, 1.807) is 4.68 Å². The second-order valence-electron chi connectivity index (χ2n) is 3.20. The highest BCUT2D eigenvalue weighted by molar-refractivity contribution is 4.79. The van der Waals surface area contributed by atoms with Crippen molar-refractivity contribution in [2.45, 2.75) is 19.5 Å². The predicted octanol–water partition coefficient (Wildman–Crippen LogP) is -0.916. The van der Waals surface area contributed by atoms with Gasteiger partial charge in [0, 0.05) is 6.54 Å². The molecule has 0 aromatic carbocycles. The predicted molar refractivity (Wildman–Crippen MR) is 48.9 cm³/mol. The van der Waals surface area contributed by atoms with Gasteiger partial charge >= 0.3 is 0 Å². The lowest BCUT2D eigenvalue weighted by atomic mass is 10.4. The van der Waals surface area contributed by atoms with Crippen LogP contribution < -0.4 is 5.73 Å². The summed E-state index contributed by atoms with van der Waals surface area (Å²) in [5.41, 5.74) is 5.40. The molecule has 1 rings (SSSR count). The van der Waals surface area contributed by atoms with Gasteiger partial charge in [-0.2, -0.15) is 0 Å². The van der Waals surface area contributed by atoms with Crippen LogP contribution in [0.4, 0.5) is 0 Å². The van der Waals surface area contributed by atoms with Gasteiger partial charge in [-0.25, -0.2) is 4.68 Å². The summed E-state index contributed by atoms with van der Waals surface area (Å²) in [5, 5.41) is 11.4. The van der Waals surface area contributed by atoms with Crippen molar-refractivity contribution in [1.29, 1.82) is 0 Å². The normalized spacial score (nSPS) is 11.1. The van der Waals surface area contributed by atoms with Crippen molar-refractivity contribution in [3.8, 4) is 0 Å².